The van der Waals surface area contributed by atoms with E-state index in [2.05, 4.69) is 41.8 Å². The minimum atomic E-state index is -1.18. The zero-order chi connectivity index (χ0) is 11.9. The molecule has 0 spiro atoms. The van der Waals surface area contributed by atoms with Crippen molar-refractivity contribution in [3.8, 4) is 0 Å². The normalized spacial score (nSPS) is 10.6. The third kappa shape index (κ3) is 1.88. The Morgan fingerprint density at radius 1 is 1.38 bits per heavy atom. The number of pyridine rings is 2. The molecule has 0 unspecified atom stereocenters. The highest BCUT2D eigenvalue weighted by molar-refractivity contribution is 9.13. The van der Waals surface area contributed by atoms with Crippen LogP contribution < -0.4 is 5.43 Å². The Labute approximate surface area is 106 Å². The first-order valence-electron chi connectivity index (χ1n) is 4.11. The van der Waals surface area contributed by atoms with Crippen LogP contribution in [-0.4, -0.2) is 21.0 Å². The third-order valence-corrected chi connectivity index (χ3v) is 3.68. The van der Waals surface area contributed by atoms with Crippen molar-refractivity contribution >= 4 is 48.9 Å². The van der Waals surface area contributed by atoms with E-state index in [9.17, 15) is 9.59 Å². The van der Waals surface area contributed by atoms with Gasteiger partial charge < -0.3 is 10.1 Å². The number of nitrogens with one attached hydrogen (secondary N) is 1. The molecule has 0 saturated heterocycles. The van der Waals surface area contributed by atoms with Crippen LogP contribution in [0.15, 0.2) is 26.0 Å². The molecule has 0 aliphatic heterocycles. The minimum Gasteiger partial charge on any atom is -0.477 e. The Bertz CT molecular complexity index is 651. The number of aromatic nitrogens is 2. The number of carboxylic acid groups (broad SMARTS) is 1. The smallest absolute Gasteiger partial charge is 0.352 e. The molecule has 0 fully saturated rings. The van der Waals surface area contributed by atoms with Crippen molar-refractivity contribution in [1.82, 2.24) is 9.97 Å². The molecular formula is C9H4Br2N2O3. The SMILES string of the molecule is O=C(O)c1cc(=O)c2nc(Br)c(Br)cc2[nH]1. The minimum absolute atomic E-state index is 0.159. The van der Waals surface area contributed by atoms with Gasteiger partial charge in [0.25, 0.3) is 0 Å². The largest absolute Gasteiger partial charge is 0.477 e. The number of H-pyrrole nitrogens is 1. The van der Waals surface area contributed by atoms with E-state index in [0.29, 0.717) is 14.6 Å². The molecule has 2 rings (SSSR count). The van der Waals surface area contributed by atoms with Crippen molar-refractivity contribution in [2.45, 2.75) is 0 Å². The van der Waals surface area contributed by atoms with E-state index >= 15 is 0 Å². The molecule has 0 atom stereocenters. The second-order valence-corrected chi connectivity index (χ2v) is 4.62. The van der Waals surface area contributed by atoms with E-state index in [4.69, 9.17) is 5.11 Å². The molecule has 0 saturated carbocycles. The van der Waals surface area contributed by atoms with Crippen LogP contribution in [0.2, 0.25) is 0 Å². The fraction of sp³-hybridized carbons (Fsp3) is 0. The number of fused-ring (bicyclic) bond motifs is 1. The maximum absolute atomic E-state index is 11.6. The van der Waals surface area contributed by atoms with Gasteiger partial charge in [-0.25, -0.2) is 9.78 Å². The third-order valence-electron chi connectivity index (χ3n) is 1.94. The Balaban J connectivity index is 2.88. The molecule has 0 aliphatic rings. The number of hydrogen-bond acceptors (Lipinski definition) is 3. The lowest BCUT2D eigenvalue weighted by atomic mass is 10.2. The lowest BCUT2D eigenvalue weighted by Gasteiger charge is -2.01. The zero-order valence-corrected chi connectivity index (χ0v) is 10.8. The summed E-state index contributed by atoms with van der Waals surface area (Å²) in [4.78, 5) is 29.0. The van der Waals surface area contributed by atoms with Crippen molar-refractivity contribution in [3.63, 3.8) is 0 Å². The fourth-order valence-electron chi connectivity index (χ4n) is 1.25. The summed E-state index contributed by atoms with van der Waals surface area (Å²) < 4.78 is 1.13. The molecule has 0 bridgehead atoms. The predicted molar refractivity (Wildman–Crippen MR) is 64.7 cm³/mol. The Morgan fingerprint density at radius 3 is 2.69 bits per heavy atom. The Kier molecular flexibility index (Phi) is 2.81. The van der Waals surface area contributed by atoms with Crippen molar-refractivity contribution in [3.05, 3.63) is 37.1 Å². The number of carboxylic acids is 1. The first kappa shape index (κ1) is 11.3. The van der Waals surface area contributed by atoms with Gasteiger partial charge in [-0.15, -0.1) is 0 Å². The summed E-state index contributed by atoms with van der Waals surface area (Å²) in [5.41, 5.74) is -0.0204. The molecule has 0 aliphatic carbocycles. The summed E-state index contributed by atoms with van der Waals surface area (Å²) in [5, 5.41) is 8.78. The molecule has 0 radical (unpaired) electrons. The van der Waals surface area contributed by atoms with Crippen LogP contribution in [0.4, 0.5) is 0 Å². The Hall–Kier alpha value is -1.21. The van der Waals surface area contributed by atoms with Crippen LogP contribution >= 0.6 is 31.9 Å². The molecule has 2 aromatic heterocycles. The number of hydrogen-bond donors (Lipinski definition) is 2. The molecule has 0 aromatic carbocycles. The molecule has 2 N–H and O–H groups in total. The van der Waals surface area contributed by atoms with Crippen LogP contribution in [-0.2, 0) is 0 Å². The molecule has 82 valence electrons. The maximum Gasteiger partial charge on any atom is 0.352 e. The van der Waals surface area contributed by atoms with E-state index in [1.54, 1.807) is 6.07 Å². The summed E-state index contributed by atoms with van der Waals surface area (Å²) in [6.45, 7) is 0. The highest BCUT2D eigenvalue weighted by Gasteiger charge is 2.10. The maximum atomic E-state index is 11.6. The summed E-state index contributed by atoms with van der Waals surface area (Å²) in [7, 11) is 0. The fourth-order valence-corrected chi connectivity index (χ4v) is 1.85. The molecule has 16 heavy (non-hydrogen) atoms. The quantitative estimate of drug-likeness (QED) is 0.774. The highest BCUT2D eigenvalue weighted by Crippen LogP contribution is 2.23. The van der Waals surface area contributed by atoms with Crippen LogP contribution in [0.1, 0.15) is 10.5 Å². The van der Waals surface area contributed by atoms with E-state index in [-0.39, 0.29) is 11.2 Å². The topological polar surface area (TPSA) is 83.0 Å². The van der Waals surface area contributed by atoms with Crippen LogP contribution in [0.3, 0.4) is 0 Å². The van der Waals surface area contributed by atoms with Gasteiger partial charge >= 0.3 is 5.97 Å². The second kappa shape index (κ2) is 3.99. The van der Waals surface area contributed by atoms with Crippen molar-refractivity contribution < 1.29 is 9.90 Å². The Morgan fingerprint density at radius 2 is 2.06 bits per heavy atom. The van der Waals surface area contributed by atoms with Gasteiger partial charge in [0.2, 0.25) is 5.43 Å². The zero-order valence-electron chi connectivity index (χ0n) is 7.62. The van der Waals surface area contributed by atoms with E-state index in [1.807, 2.05) is 0 Å². The highest BCUT2D eigenvalue weighted by atomic mass is 79.9. The standard InChI is InChI=1S/C9H4Br2N2O3/c10-3-1-4-7(13-8(3)11)6(14)2-5(12-4)9(15)16/h1-2H,(H,12,14)(H,15,16). The second-order valence-electron chi connectivity index (χ2n) is 3.01. The summed E-state index contributed by atoms with van der Waals surface area (Å²) in [5.74, 6) is -1.18. The number of rotatable bonds is 1. The summed E-state index contributed by atoms with van der Waals surface area (Å²) in [6.07, 6.45) is 0. The van der Waals surface area contributed by atoms with Gasteiger partial charge in [0.1, 0.15) is 15.8 Å². The van der Waals surface area contributed by atoms with E-state index < -0.39 is 11.4 Å². The van der Waals surface area contributed by atoms with Gasteiger partial charge in [-0.1, -0.05) is 0 Å². The lowest BCUT2D eigenvalue weighted by Crippen LogP contribution is -2.10. The van der Waals surface area contributed by atoms with Crippen molar-refractivity contribution in [2.24, 2.45) is 0 Å². The average molecular weight is 348 g/mol. The van der Waals surface area contributed by atoms with Crippen molar-refractivity contribution in [1.29, 1.82) is 0 Å². The molecule has 2 aromatic rings. The first-order valence-corrected chi connectivity index (χ1v) is 5.70. The molecule has 0 amide bonds. The van der Waals surface area contributed by atoms with Gasteiger partial charge in [0, 0.05) is 6.07 Å². The monoisotopic (exact) mass is 346 g/mol. The lowest BCUT2D eigenvalue weighted by molar-refractivity contribution is 0.0691. The molecule has 2 heterocycles. The molecular weight excluding hydrogens is 344 g/mol. The van der Waals surface area contributed by atoms with Gasteiger partial charge in [0.05, 0.1) is 9.99 Å². The number of carbonyl (C=O) groups is 1. The first-order chi connectivity index (χ1) is 7.49. The molecule has 5 nitrogen and oxygen atoms in total. The number of aromatic amines is 1. The van der Waals surface area contributed by atoms with Crippen LogP contribution in [0.5, 0.6) is 0 Å². The average Bonchev–Trinajstić information content (AvgIpc) is 2.20. The van der Waals surface area contributed by atoms with Gasteiger partial charge in [-0.05, 0) is 37.9 Å². The van der Waals surface area contributed by atoms with Crippen molar-refractivity contribution in [2.75, 3.05) is 0 Å². The van der Waals surface area contributed by atoms with Gasteiger partial charge in [0.15, 0.2) is 0 Å². The van der Waals surface area contributed by atoms with Gasteiger partial charge in [-0.3, -0.25) is 4.79 Å². The van der Waals surface area contributed by atoms with Crippen LogP contribution in [0.25, 0.3) is 11.0 Å². The number of halogens is 2. The number of aromatic carboxylic acids is 1. The number of nitrogens with zero attached hydrogens (tertiary/aromatic N) is 1. The summed E-state index contributed by atoms with van der Waals surface area (Å²) in [6, 6.07) is 2.61. The van der Waals surface area contributed by atoms with E-state index in [0.717, 1.165) is 6.07 Å². The van der Waals surface area contributed by atoms with Gasteiger partial charge in [-0.2, -0.15) is 0 Å². The van der Waals surface area contributed by atoms with E-state index in [1.165, 1.54) is 0 Å². The summed E-state index contributed by atoms with van der Waals surface area (Å²) >= 11 is 6.39. The predicted octanol–water partition coefficient (Wildman–Crippen LogP) is 2.15. The van der Waals surface area contributed by atoms with Crippen LogP contribution in [0, 0.1) is 0 Å². The molecule has 7 heteroatoms.